The van der Waals surface area contributed by atoms with E-state index in [1.807, 2.05) is 97.3 Å². The van der Waals surface area contributed by atoms with Crippen molar-refractivity contribution < 1.29 is 9.31 Å². The van der Waals surface area contributed by atoms with Gasteiger partial charge in [-0.3, -0.25) is 9.97 Å². The maximum atomic E-state index is 6.54. The quantitative estimate of drug-likeness (QED) is 0.189. The minimum absolute atomic E-state index is 0.497. The van der Waals surface area contributed by atoms with E-state index < -0.39 is 18.3 Å². The third-order valence-corrected chi connectivity index (χ3v) is 8.55. The maximum absolute atomic E-state index is 6.54. The van der Waals surface area contributed by atoms with E-state index >= 15 is 0 Å². The fourth-order valence-electron chi connectivity index (χ4n) is 5.44. The summed E-state index contributed by atoms with van der Waals surface area (Å²) >= 11 is 0. The molecule has 4 heterocycles. The standard InChI is InChI=1S/C37H32BN5O2/c1-36(2)37(3,4)45-38(44-36)29-21-30(27-17-11-19-39-23-27)32(31(22-29)28-18-12-20-40-24-28)35-42-33(25-13-7-5-8-14-25)41-34(43-35)26-15-9-6-10-16-26/h5-24H,1-4H3. The number of hydrogen-bond acceptors (Lipinski definition) is 7. The lowest BCUT2D eigenvalue weighted by Crippen LogP contribution is -2.41. The number of benzene rings is 3. The van der Waals surface area contributed by atoms with Crippen molar-refractivity contribution in [3.05, 3.63) is 122 Å². The van der Waals surface area contributed by atoms with Gasteiger partial charge in [-0.25, -0.2) is 15.0 Å². The Balaban J connectivity index is 1.54. The molecule has 0 spiro atoms. The van der Waals surface area contributed by atoms with Gasteiger partial charge in [0.05, 0.1) is 11.2 Å². The second kappa shape index (κ2) is 11.5. The monoisotopic (exact) mass is 589 g/mol. The van der Waals surface area contributed by atoms with Gasteiger partial charge in [0, 0.05) is 52.6 Å². The highest BCUT2D eigenvalue weighted by atomic mass is 16.7. The van der Waals surface area contributed by atoms with Crippen LogP contribution in [0.4, 0.5) is 0 Å². The van der Waals surface area contributed by atoms with Crippen LogP contribution in [-0.4, -0.2) is 43.2 Å². The van der Waals surface area contributed by atoms with Crippen molar-refractivity contribution >= 4 is 12.6 Å². The van der Waals surface area contributed by atoms with E-state index in [0.29, 0.717) is 17.5 Å². The van der Waals surface area contributed by atoms with Crippen LogP contribution in [0.15, 0.2) is 122 Å². The molecule has 8 heteroatoms. The van der Waals surface area contributed by atoms with Crippen LogP contribution in [0.3, 0.4) is 0 Å². The Morgan fingerprint density at radius 3 is 1.36 bits per heavy atom. The van der Waals surface area contributed by atoms with E-state index in [4.69, 9.17) is 24.3 Å². The summed E-state index contributed by atoms with van der Waals surface area (Å²) in [5.74, 6) is 1.72. The predicted octanol–water partition coefficient (Wildman–Crippen LogP) is 7.30. The lowest BCUT2D eigenvalue weighted by Gasteiger charge is -2.32. The summed E-state index contributed by atoms with van der Waals surface area (Å²) in [5, 5.41) is 0. The maximum Gasteiger partial charge on any atom is 0.494 e. The van der Waals surface area contributed by atoms with Gasteiger partial charge in [-0.2, -0.15) is 0 Å². The number of nitrogens with zero attached hydrogens (tertiary/aromatic N) is 5. The van der Waals surface area contributed by atoms with E-state index in [1.165, 1.54) is 0 Å². The fraction of sp³-hybridized carbons (Fsp3) is 0.162. The van der Waals surface area contributed by atoms with Gasteiger partial charge in [0.15, 0.2) is 17.5 Å². The van der Waals surface area contributed by atoms with E-state index in [-0.39, 0.29) is 0 Å². The zero-order chi connectivity index (χ0) is 31.0. The van der Waals surface area contributed by atoms with Crippen molar-refractivity contribution in [2.24, 2.45) is 0 Å². The minimum Gasteiger partial charge on any atom is -0.399 e. The highest BCUT2D eigenvalue weighted by Gasteiger charge is 2.52. The Morgan fingerprint density at radius 2 is 0.933 bits per heavy atom. The summed E-state index contributed by atoms with van der Waals surface area (Å²) in [6, 6.07) is 32.2. The van der Waals surface area contributed by atoms with Crippen LogP contribution >= 0.6 is 0 Å². The summed E-state index contributed by atoms with van der Waals surface area (Å²) < 4.78 is 13.1. The second-order valence-corrected chi connectivity index (χ2v) is 12.1. The van der Waals surface area contributed by atoms with E-state index in [2.05, 4.69) is 49.8 Å². The normalized spacial score (nSPS) is 15.2. The van der Waals surface area contributed by atoms with E-state index in [1.54, 1.807) is 12.4 Å². The Labute approximate surface area is 263 Å². The van der Waals surface area contributed by atoms with Crippen molar-refractivity contribution in [1.82, 2.24) is 24.9 Å². The van der Waals surface area contributed by atoms with Gasteiger partial charge in [-0.1, -0.05) is 84.9 Å². The molecule has 3 aromatic carbocycles. The minimum atomic E-state index is -0.576. The van der Waals surface area contributed by atoms with Gasteiger partial charge in [-0.05, 0) is 56.4 Å². The molecular weight excluding hydrogens is 557 g/mol. The highest BCUT2D eigenvalue weighted by Crippen LogP contribution is 2.41. The lowest BCUT2D eigenvalue weighted by atomic mass is 9.75. The van der Waals surface area contributed by atoms with Crippen molar-refractivity contribution in [3.63, 3.8) is 0 Å². The molecule has 0 amide bonds. The van der Waals surface area contributed by atoms with Crippen LogP contribution in [0.2, 0.25) is 0 Å². The largest absolute Gasteiger partial charge is 0.494 e. The summed E-state index contributed by atoms with van der Waals surface area (Å²) in [7, 11) is -0.576. The Kier molecular flexibility index (Phi) is 7.32. The van der Waals surface area contributed by atoms with Crippen LogP contribution in [0.1, 0.15) is 27.7 Å². The third kappa shape index (κ3) is 5.54. The number of hydrogen-bond donors (Lipinski definition) is 0. The molecule has 0 unspecified atom stereocenters. The summed E-state index contributed by atoms with van der Waals surface area (Å²) in [4.78, 5) is 24.1. The smallest absolute Gasteiger partial charge is 0.399 e. The number of pyridine rings is 2. The molecule has 0 bridgehead atoms. The van der Waals surface area contributed by atoms with Crippen molar-refractivity contribution in [2.45, 2.75) is 38.9 Å². The fourth-order valence-corrected chi connectivity index (χ4v) is 5.44. The average Bonchev–Trinajstić information content (AvgIpc) is 3.31. The van der Waals surface area contributed by atoms with Crippen molar-refractivity contribution in [2.75, 3.05) is 0 Å². The molecule has 1 aliphatic rings. The molecule has 7 rings (SSSR count). The topological polar surface area (TPSA) is 82.9 Å². The van der Waals surface area contributed by atoms with Crippen molar-refractivity contribution in [3.8, 4) is 56.4 Å². The van der Waals surface area contributed by atoms with Gasteiger partial charge in [-0.15, -0.1) is 0 Å². The lowest BCUT2D eigenvalue weighted by molar-refractivity contribution is 0.00578. The molecule has 0 atom stereocenters. The molecule has 1 aliphatic heterocycles. The second-order valence-electron chi connectivity index (χ2n) is 12.1. The molecule has 7 nitrogen and oxygen atoms in total. The zero-order valence-electron chi connectivity index (χ0n) is 25.7. The molecule has 1 saturated heterocycles. The molecule has 6 aromatic rings. The van der Waals surface area contributed by atoms with Gasteiger partial charge in [0.25, 0.3) is 0 Å². The molecule has 0 N–H and O–H groups in total. The Hall–Kier alpha value is -5.05. The molecular formula is C37H32BN5O2. The summed E-state index contributed by atoms with van der Waals surface area (Å²) in [6.45, 7) is 8.25. The molecule has 3 aromatic heterocycles. The van der Waals surface area contributed by atoms with Gasteiger partial charge in [0.2, 0.25) is 0 Å². The Bertz CT molecular complexity index is 1820. The van der Waals surface area contributed by atoms with Crippen molar-refractivity contribution in [1.29, 1.82) is 0 Å². The first-order chi connectivity index (χ1) is 21.8. The first-order valence-corrected chi connectivity index (χ1v) is 15.0. The van der Waals surface area contributed by atoms with E-state index in [9.17, 15) is 0 Å². The average molecular weight is 590 g/mol. The van der Waals surface area contributed by atoms with Crippen LogP contribution < -0.4 is 5.46 Å². The summed E-state index contributed by atoms with van der Waals surface area (Å²) in [5.41, 5.74) is 6.17. The van der Waals surface area contributed by atoms with Crippen LogP contribution in [-0.2, 0) is 9.31 Å². The molecule has 1 fully saturated rings. The van der Waals surface area contributed by atoms with Crippen LogP contribution in [0.25, 0.3) is 56.4 Å². The van der Waals surface area contributed by atoms with Gasteiger partial charge in [0.1, 0.15) is 0 Å². The molecule has 0 saturated carbocycles. The van der Waals surface area contributed by atoms with Gasteiger partial charge >= 0.3 is 7.12 Å². The van der Waals surface area contributed by atoms with E-state index in [0.717, 1.165) is 44.4 Å². The first-order valence-electron chi connectivity index (χ1n) is 15.0. The number of rotatable bonds is 6. The highest BCUT2D eigenvalue weighted by molar-refractivity contribution is 6.62. The predicted molar refractivity (Wildman–Crippen MR) is 178 cm³/mol. The third-order valence-electron chi connectivity index (χ3n) is 8.55. The SMILES string of the molecule is CC1(C)OB(c2cc(-c3cccnc3)c(-c3nc(-c4ccccc4)nc(-c4ccccc4)n3)c(-c3cccnc3)c2)OC1(C)C. The molecule has 45 heavy (non-hydrogen) atoms. The summed E-state index contributed by atoms with van der Waals surface area (Å²) in [6.07, 6.45) is 7.26. The molecule has 0 aliphatic carbocycles. The van der Waals surface area contributed by atoms with Gasteiger partial charge < -0.3 is 9.31 Å². The van der Waals surface area contributed by atoms with Crippen LogP contribution in [0, 0.1) is 0 Å². The Morgan fingerprint density at radius 1 is 0.511 bits per heavy atom. The molecule has 220 valence electrons. The van der Waals surface area contributed by atoms with Crippen LogP contribution in [0.5, 0.6) is 0 Å². The zero-order valence-corrected chi connectivity index (χ0v) is 25.7. The molecule has 0 radical (unpaired) electrons. The first kappa shape index (κ1) is 28.7. The number of aromatic nitrogens is 5.